The van der Waals surface area contributed by atoms with Crippen LogP contribution in [0.1, 0.15) is 0 Å². The summed E-state index contributed by atoms with van der Waals surface area (Å²) in [6.07, 6.45) is 1.54. The molecule has 0 saturated heterocycles. The molecule has 2 N–H and O–H groups in total. The number of guanidine groups is 1. The number of ether oxygens (including phenoxy) is 2. The third-order valence-electron chi connectivity index (χ3n) is 4.00. The molecule has 0 bridgehead atoms. The average molecular weight is 431 g/mol. The second-order valence-electron chi connectivity index (χ2n) is 5.88. The number of nitrogens with one attached hydrogen (secondary N) is 2. The lowest BCUT2D eigenvalue weighted by Crippen LogP contribution is -2.29. The number of sulfonamides is 1. The zero-order valence-electron chi connectivity index (χ0n) is 15.1. The minimum absolute atomic E-state index is 0.0133. The lowest BCUT2D eigenvalue weighted by Gasteiger charge is -2.22. The molecule has 1 aliphatic rings. The van der Waals surface area contributed by atoms with E-state index in [-0.39, 0.29) is 22.3 Å². The highest BCUT2D eigenvalue weighted by atomic mass is 35.5. The first-order valence-electron chi connectivity index (χ1n) is 8.41. The van der Waals surface area contributed by atoms with Crippen LogP contribution in [0.25, 0.3) is 0 Å². The number of fused-ring (bicyclic) bond motifs is 1. The predicted octanol–water partition coefficient (Wildman–Crippen LogP) is 4.12. The predicted molar refractivity (Wildman–Crippen MR) is 111 cm³/mol. The highest BCUT2D eigenvalue weighted by Gasteiger charge is 2.28. The van der Waals surface area contributed by atoms with Crippen molar-refractivity contribution >= 4 is 39.1 Å². The van der Waals surface area contributed by atoms with E-state index in [1.54, 1.807) is 54.7 Å². The van der Waals surface area contributed by atoms with Gasteiger partial charge in [0.1, 0.15) is 16.3 Å². The summed E-state index contributed by atoms with van der Waals surface area (Å²) in [6, 6.07) is 14.9. The fourth-order valence-electron chi connectivity index (χ4n) is 2.71. The fraction of sp³-hybridized carbons (Fsp3) is 0.0526. The van der Waals surface area contributed by atoms with E-state index in [0.717, 1.165) is 0 Å². The second-order valence-corrected chi connectivity index (χ2v) is 7.86. The van der Waals surface area contributed by atoms with Gasteiger partial charge in [0.2, 0.25) is 5.96 Å². The first-order valence-corrected chi connectivity index (χ1v) is 10.2. The maximum Gasteiger partial charge on any atom is 0.287 e. The number of methoxy groups -OCH3 is 1. The molecular weight excluding hydrogens is 416 g/mol. The molecule has 0 unspecified atom stereocenters. The molecule has 29 heavy (non-hydrogen) atoms. The summed E-state index contributed by atoms with van der Waals surface area (Å²) in [6.45, 7) is 0. The van der Waals surface area contributed by atoms with Crippen molar-refractivity contribution in [3.63, 3.8) is 0 Å². The van der Waals surface area contributed by atoms with Gasteiger partial charge in [0.15, 0.2) is 17.3 Å². The molecule has 1 aliphatic heterocycles. The molecule has 0 fully saturated rings. The van der Waals surface area contributed by atoms with E-state index in [9.17, 15) is 8.42 Å². The van der Waals surface area contributed by atoms with Crippen molar-refractivity contribution in [2.75, 3.05) is 17.7 Å². The summed E-state index contributed by atoms with van der Waals surface area (Å²) in [5.41, 5.74) is 0.236. The van der Waals surface area contributed by atoms with Crippen molar-refractivity contribution in [2.45, 2.75) is 4.90 Å². The molecule has 1 aromatic heterocycles. The van der Waals surface area contributed by atoms with Gasteiger partial charge in [0, 0.05) is 6.20 Å². The van der Waals surface area contributed by atoms with Crippen LogP contribution in [0.2, 0.25) is 5.02 Å². The van der Waals surface area contributed by atoms with E-state index < -0.39 is 10.0 Å². The summed E-state index contributed by atoms with van der Waals surface area (Å²) >= 11 is 6.16. The van der Waals surface area contributed by atoms with Crippen LogP contribution < -0.4 is 20.1 Å². The summed E-state index contributed by atoms with van der Waals surface area (Å²) in [4.78, 5) is 4.14. The van der Waals surface area contributed by atoms with Gasteiger partial charge in [-0.2, -0.15) is 8.42 Å². The third kappa shape index (κ3) is 3.82. The number of nitrogens with zero attached hydrogens (tertiary/aromatic N) is 2. The van der Waals surface area contributed by atoms with Crippen molar-refractivity contribution in [1.29, 1.82) is 0 Å². The minimum Gasteiger partial charge on any atom is -0.493 e. The van der Waals surface area contributed by atoms with E-state index in [4.69, 9.17) is 21.1 Å². The Hall–Kier alpha value is -3.30. The molecule has 0 saturated carbocycles. The minimum atomic E-state index is -3.97. The smallest absolute Gasteiger partial charge is 0.287 e. The van der Waals surface area contributed by atoms with Crippen LogP contribution in [0, 0.1) is 0 Å². The van der Waals surface area contributed by atoms with Crippen molar-refractivity contribution in [2.24, 2.45) is 4.40 Å². The molecule has 2 aromatic carbocycles. The molecule has 3 aromatic rings. The summed E-state index contributed by atoms with van der Waals surface area (Å²) in [5.74, 6) is 1.38. The van der Waals surface area contributed by atoms with E-state index in [1.807, 2.05) is 0 Å². The summed E-state index contributed by atoms with van der Waals surface area (Å²) < 4.78 is 40.3. The maximum atomic E-state index is 12.7. The van der Waals surface area contributed by atoms with Crippen LogP contribution in [-0.2, 0) is 10.0 Å². The van der Waals surface area contributed by atoms with E-state index >= 15 is 0 Å². The van der Waals surface area contributed by atoms with E-state index in [1.165, 1.54) is 13.2 Å². The SMILES string of the molecule is COc1cccnc1NC1=NS(=O)(=O)c2cccc(Oc3ccccc3Cl)c2N1. The quantitative estimate of drug-likeness (QED) is 0.641. The van der Waals surface area contributed by atoms with Crippen LogP contribution >= 0.6 is 11.6 Å². The molecular formula is C19H15ClN4O4S. The first-order chi connectivity index (χ1) is 14.0. The Kier molecular flexibility index (Phi) is 4.99. The number of rotatable bonds is 4. The van der Waals surface area contributed by atoms with E-state index in [2.05, 4.69) is 20.0 Å². The normalized spacial score (nSPS) is 14.2. The highest BCUT2D eigenvalue weighted by Crippen LogP contribution is 2.39. The molecule has 0 radical (unpaired) electrons. The Labute approximate surface area is 172 Å². The molecule has 0 amide bonds. The number of hydrogen-bond acceptors (Lipinski definition) is 7. The van der Waals surface area contributed by atoms with Gasteiger partial charge in [-0.1, -0.05) is 29.8 Å². The van der Waals surface area contributed by atoms with Crippen molar-refractivity contribution in [1.82, 2.24) is 4.98 Å². The topological polar surface area (TPSA) is 102 Å². The molecule has 8 nitrogen and oxygen atoms in total. The Morgan fingerprint density at radius 1 is 1.00 bits per heavy atom. The van der Waals surface area contributed by atoms with Crippen LogP contribution in [-0.4, -0.2) is 26.5 Å². The molecule has 2 heterocycles. The van der Waals surface area contributed by atoms with Crippen molar-refractivity contribution in [3.05, 3.63) is 65.8 Å². The lowest BCUT2D eigenvalue weighted by molar-refractivity contribution is 0.415. The van der Waals surface area contributed by atoms with Crippen molar-refractivity contribution in [3.8, 4) is 17.2 Å². The van der Waals surface area contributed by atoms with Gasteiger partial charge in [-0.05, 0) is 36.4 Å². The highest BCUT2D eigenvalue weighted by molar-refractivity contribution is 7.90. The monoisotopic (exact) mass is 430 g/mol. The summed E-state index contributed by atoms with van der Waals surface area (Å²) in [7, 11) is -2.49. The maximum absolute atomic E-state index is 12.7. The van der Waals surface area contributed by atoms with Gasteiger partial charge in [-0.15, -0.1) is 4.40 Å². The Balaban J connectivity index is 1.72. The number of aromatic nitrogens is 1. The molecule has 10 heteroatoms. The van der Waals surface area contributed by atoms with Gasteiger partial charge < -0.3 is 20.1 Å². The number of para-hydroxylation sites is 2. The van der Waals surface area contributed by atoms with Gasteiger partial charge in [-0.3, -0.25) is 0 Å². The molecule has 148 valence electrons. The van der Waals surface area contributed by atoms with Crippen LogP contribution in [0.3, 0.4) is 0 Å². The Morgan fingerprint density at radius 3 is 2.55 bits per heavy atom. The van der Waals surface area contributed by atoms with Crippen LogP contribution in [0.4, 0.5) is 11.5 Å². The van der Waals surface area contributed by atoms with Gasteiger partial charge in [0.25, 0.3) is 10.0 Å². The number of anilines is 2. The third-order valence-corrected chi connectivity index (χ3v) is 5.64. The van der Waals surface area contributed by atoms with Gasteiger partial charge >= 0.3 is 0 Å². The molecule has 0 aliphatic carbocycles. The molecule has 0 atom stereocenters. The van der Waals surface area contributed by atoms with Gasteiger partial charge in [0.05, 0.1) is 12.1 Å². The number of hydrogen-bond donors (Lipinski definition) is 2. The number of benzene rings is 2. The zero-order valence-corrected chi connectivity index (χ0v) is 16.7. The van der Waals surface area contributed by atoms with Crippen LogP contribution in [0.15, 0.2) is 70.1 Å². The van der Waals surface area contributed by atoms with Crippen molar-refractivity contribution < 1.29 is 17.9 Å². The van der Waals surface area contributed by atoms with Gasteiger partial charge in [-0.25, -0.2) is 4.98 Å². The molecule has 4 rings (SSSR count). The fourth-order valence-corrected chi connectivity index (χ4v) is 3.97. The summed E-state index contributed by atoms with van der Waals surface area (Å²) in [5, 5.41) is 6.20. The zero-order chi connectivity index (χ0) is 20.4. The standard InChI is InChI=1S/C19H15ClN4O4S/c1-27-15-9-5-11-21-18(15)23-19-22-17-14(28-13-7-3-2-6-12(13)20)8-4-10-16(17)29(25,26)24-19/h2-11H,1H3,(H2,21,22,23,24). The van der Waals surface area contributed by atoms with E-state index in [0.29, 0.717) is 22.3 Å². The first kappa shape index (κ1) is 19.0. The number of halogens is 1. The Morgan fingerprint density at radius 2 is 1.76 bits per heavy atom. The Bertz CT molecular complexity index is 1210. The largest absolute Gasteiger partial charge is 0.493 e. The lowest BCUT2D eigenvalue weighted by atomic mass is 10.2. The average Bonchev–Trinajstić information content (AvgIpc) is 2.70. The molecule has 0 spiro atoms. The van der Waals surface area contributed by atoms with Crippen LogP contribution in [0.5, 0.6) is 17.2 Å². The second kappa shape index (κ2) is 7.61. The number of pyridine rings is 1.